The molecule has 1 N–H and O–H groups in total. The standard InChI is InChI=1S/C19H23FN2O3/c20-16-8-4-1-5-13(16)9-11-21-17(23)10-12-22-18(24)14-6-2-3-7-15(14)19(22)25/h1,4-5,8,14-15H,2-3,6-7,9-12H2,(H,21,23)/t14-,15+. The smallest absolute Gasteiger partial charge is 0.233 e. The molecular formula is C19H23FN2O3. The van der Waals surface area contributed by atoms with Crippen LogP contribution in [0.25, 0.3) is 0 Å². The zero-order chi connectivity index (χ0) is 17.8. The van der Waals surface area contributed by atoms with Gasteiger partial charge in [0.05, 0.1) is 11.8 Å². The van der Waals surface area contributed by atoms with Crippen LogP contribution in [0.5, 0.6) is 0 Å². The third kappa shape index (κ3) is 3.89. The van der Waals surface area contributed by atoms with Gasteiger partial charge in [0.15, 0.2) is 0 Å². The van der Waals surface area contributed by atoms with Crippen LogP contribution in [0.15, 0.2) is 24.3 Å². The van der Waals surface area contributed by atoms with E-state index in [1.807, 2.05) is 0 Å². The van der Waals surface area contributed by atoms with Crippen molar-refractivity contribution in [2.75, 3.05) is 13.1 Å². The topological polar surface area (TPSA) is 66.5 Å². The van der Waals surface area contributed by atoms with Crippen molar-refractivity contribution < 1.29 is 18.8 Å². The summed E-state index contributed by atoms with van der Waals surface area (Å²) in [7, 11) is 0. The van der Waals surface area contributed by atoms with Crippen LogP contribution in [0.3, 0.4) is 0 Å². The molecule has 1 aromatic rings. The Bertz CT molecular complexity index is 652. The molecule has 0 aromatic heterocycles. The molecule has 2 aliphatic rings. The van der Waals surface area contributed by atoms with Gasteiger partial charge in [-0.3, -0.25) is 19.3 Å². The summed E-state index contributed by atoms with van der Waals surface area (Å²) in [6.45, 7) is 0.461. The first-order chi connectivity index (χ1) is 12.1. The summed E-state index contributed by atoms with van der Waals surface area (Å²) < 4.78 is 13.5. The summed E-state index contributed by atoms with van der Waals surface area (Å²) in [5.74, 6) is -1.10. The predicted molar refractivity (Wildman–Crippen MR) is 89.9 cm³/mol. The second-order valence-corrected chi connectivity index (χ2v) is 6.77. The van der Waals surface area contributed by atoms with Crippen LogP contribution in [0.4, 0.5) is 4.39 Å². The fourth-order valence-electron chi connectivity index (χ4n) is 3.79. The lowest BCUT2D eigenvalue weighted by molar-refractivity contribution is -0.140. The molecular weight excluding hydrogens is 323 g/mol. The van der Waals surface area contributed by atoms with Crippen molar-refractivity contribution in [3.63, 3.8) is 0 Å². The molecule has 25 heavy (non-hydrogen) atoms. The second kappa shape index (κ2) is 7.76. The van der Waals surface area contributed by atoms with Crippen LogP contribution in [-0.4, -0.2) is 35.7 Å². The third-order valence-electron chi connectivity index (χ3n) is 5.17. The Hall–Kier alpha value is -2.24. The molecule has 1 saturated carbocycles. The number of imide groups is 1. The molecule has 3 rings (SSSR count). The lowest BCUT2D eigenvalue weighted by Gasteiger charge is -2.19. The number of rotatable bonds is 6. The largest absolute Gasteiger partial charge is 0.356 e. The molecule has 0 radical (unpaired) electrons. The van der Waals surface area contributed by atoms with Gasteiger partial charge in [-0.25, -0.2) is 4.39 Å². The van der Waals surface area contributed by atoms with E-state index in [0.29, 0.717) is 18.5 Å². The Morgan fingerprint density at radius 3 is 2.40 bits per heavy atom. The lowest BCUT2D eigenvalue weighted by atomic mass is 9.81. The van der Waals surface area contributed by atoms with E-state index in [1.54, 1.807) is 18.2 Å². The normalized spacial score (nSPS) is 22.8. The Kier molecular flexibility index (Phi) is 5.46. The maximum absolute atomic E-state index is 13.5. The van der Waals surface area contributed by atoms with E-state index in [-0.39, 0.29) is 48.3 Å². The van der Waals surface area contributed by atoms with E-state index in [2.05, 4.69) is 5.32 Å². The minimum absolute atomic E-state index is 0.0915. The zero-order valence-corrected chi connectivity index (χ0v) is 14.2. The summed E-state index contributed by atoms with van der Waals surface area (Å²) in [6, 6.07) is 6.45. The number of benzene rings is 1. The lowest BCUT2D eigenvalue weighted by Crippen LogP contribution is -2.36. The predicted octanol–water partition coefficient (Wildman–Crippen LogP) is 2.05. The first-order valence-corrected chi connectivity index (χ1v) is 8.93. The number of carbonyl (C=O) groups excluding carboxylic acids is 3. The van der Waals surface area contributed by atoms with Crippen molar-refractivity contribution in [1.82, 2.24) is 10.2 Å². The van der Waals surface area contributed by atoms with Gasteiger partial charge in [-0.1, -0.05) is 31.0 Å². The number of nitrogens with one attached hydrogen (secondary N) is 1. The van der Waals surface area contributed by atoms with Crippen molar-refractivity contribution in [2.45, 2.75) is 38.5 Å². The number of carbonyl (C=O) groups is 3. The molecule has 6 heteroatoms. The highest BCUT2D eigenvalue weighted by Crippen LogP contribution is 2.37. The van der Waals surface area contributed by atoms with Gasteiger partial charge in [-0.15, -0.1) is 0 Å². The van der Waals surface area contributed by atoms with Gasteiger partial charge in [0, 0.05) is 19.5 Å². The Morgan fingerprint density at radius 1 is 1.12 bits per heavy atom. The van der Waals surface area contributed by atoms with E-state index in [4.69, 9.17) is 0 Å². The number of hydrogen-bond acceptors (Lipinski definition) is 3. The number of amides is 3. The fraction of sp³-hybridized carbons (Fsp3) is 0.526. The SMILES string of the molecule is O=C(CCN1C(=O)[C@H]2CCCC[C@H]2C1=O)NCCc1ccccc1F. The number of fused-ring (bicyclic) bond motifs is 1. The molecule has 1 aromatic carbocycles. The summed E-state index contributed by atoms with van der Waals surface area (Å²) in [5.41, 5.74) is 0.553. The highest BCUT2D eigenvalue weighted by Gasteiger charge is 2.47. The van der Waals surface area contributed by atoms with Gasteiger partial charge in [0.25, 0.3) is 0 Å². The molecule has 5 nitrogen and oxygen atoms in total. The minimum Gasteiger partial charge on any atom is -0.356 e. The average molecular weight is 346 g/mol. The van der Waals surface area contributed by atoms with Crippen LogP contribution in [0.2, 0.25) is 0 Å². The molecule has 0 spiro atoms. The van der Waals surface area contributed by atoms with Crippen LogP contribution < -0.4 is 5.32 Å². The molecule has 1 heterocycles. The van der Waals surface area contributed by atoms with E-state index in [9.17, 15) is 18.8 Å². The average Bonchev–Trinajstić information content (AvgIpc) is 2.86. The summed E-state index contributed by atoms with van der Waals surface area (Å²) in [6.07, 6.45) is 4.04. The Morgan fingerprint density at radius 2 is 1.76 bits per heavy atom. The summed E-state index contributed by atoms with van der Waals surface area (Å²) in [4.78, 5) is 37.9. The van der Waals surface area contributed by atoms with Gasteiger partial charge < -0.3 is 5.32 Å². The second-order valence-electron chi connectivity index (χ2n) is 6.77. The van der Waals surface area contributed by atoms with Crippen molar-refractivity contribution in [1.29, 1.82) is 0 Å². The van der Waals surface area contributed by atoms with Crippen LogP contribution >= 0.6 is 0 Å². The van der Waals surface area contributed by atoms with Crippen molar-refractivity contribution >= 4 is 17.7 Å². The molecule has 0 bridgehead atoms. The quantitative estimate of drug-likeness (QED) is 0.802. The zero-order valence-electron chi connectivity index (χ0n) is 14.2. The monoisotopic (exact) mass is 346 g/mol. The minimum atomic E-state index is -0.285. The number of likely N-dealkylation sites (tertiary alicyclic amines) is 1. The van der Waals surface area contributed by atoms with Crippen molar-refractivity contribution in [2.24, 2.45) is 11.8 Å². The van der Waals surface area contributed by atoms with Crippen LogP contribution in [0, 0.1) is 17.7 Å². The van der Waals surface area contributed by atoms with E-state index in [0.717, 1.165) is 25.7 Å². The molecule has 1 aliphatic heterocycles. The third-order valence-corrected chi connectivity index (χ3v) is 5.17. The van der Waals surface area contributed by atoms with Gasteiger partial charge in [0.1, 0.15) is 5.82 Å². The van der Waals surface area contributed by atoms with Gasteiger partial charge in [0.2, 0.25) is 17.7 Å². The molecule has 3 amide bonds. The molecule has 2 atom stereocenters. The number of hydrogen-bond donors (Lipinski definition) is 1. The van der Waals surface area contributed by atoms with Gasteiger partial charge in [-0.05, 0) is 30.9 Å². The van der Waals surface area contributed by atoms with Crippen molar-refractivity contribution in [3.05, 3.63) is 35.6 Å². The highest BCUT2D eigenvalue weighted by atomic mass is 19.1. The first kappa shape index (κ1) is 17.6. The molecule has 1 saturated heterocycles. The fourth-order valence-corrected chi connectivity index (χ4v) is 3.79. The molecule has 2 fully saturated rings. The maximum Gasteiger partial charge on any atom is 0.233 e. The van der Waals surface area contributed by atoms with Gasteiger partial charge in [-0.2, -0.15) is 0 Å². The number of nitrogens with zero attached hydrogens (tertiary/aromatic N) is 1. The molecule has 0 unspecified atom stereocenters. The van der Waals surface area contributed by atoms with Crippen LogP contribution in [0.1, 0.15) is 37.7 Å². The Labute approximate surface area is 146 Å². The summed E-state index contributed by atoms with van der Waals surface area (Å²) in [5, 5.41) is 2.72. The van der Waals surface area contributed by atoms with Gasteiger partial charge >= 0.3 is 0 Å². The number of halogens is 1. The molecule has 1 aliphatic carbocycles. The van der Waals surface area contributed by atoms with Crippen molar-refractivity contribution in [3.8, 4) is 0 Å². The van der Waals surface area contributed by atoms with E-state index in [1.165, 1.54) is 11.0 Å². The maximum atomic E-state index is 13.5. The van der Waals surface area contributed by atoms with E-state index < -0.39 is 0 Å². The Balaban J connectivity index is 1.44. The van der Waals surface area contributed by atoms with E-state index >= 15 is 0 Å². The highest BCUT2D eigenvalue weighted by molar-refractivity contribution is 6.05. The summed E-state index contributed by atoms with van der Waals surface area (Å²) >= 11 is 0. The van der Waals surface area contributed by atoms with Crippen LogP contribution in [-0.2, 0) is 20.8 Å². The molecule has 134 valence electrons. The first-order valence-electron chi connectivity index (χ1n) is 8.93.